The van der Waals surface area contributed by atoms with Gasteiger partial charge in [0.25, 0.3) is 0 Å². The van der Waals surface area contributed by atoms with E-state index in [0.717, 1.165) is 6.42 Å². The average molecular weight is 453 g/mol. The van der Waals surface area contributed by atoms with Crippen molar-refractivity contribution in [3.63, 3.8) is 0 Å². The van der Waals surface area contributed by atoms with Crippen molar-refractivity contribution in [3.05, 3.63) is 0 Å². The van der Waals surface area contributed by atoms with Crippen molar-refractivity contribution in [1.29, 1.82) is 0 Å². The summed E-state index contributed by atoms with van der Waals surface area (Å²) in [5.74, 6) is 0.684. The van der Waals surface area contributed by atoms with Gasteiger partial charge in [-0.1, -0.05) is 150 Å². The van der Waals surface area contributed by atoms with Gasteiger partial charge in [0.1, 0.15) is 0 Å². The molecule has 0 radical (unpaired) electrons. The minimum Gasteiger partial charge on any atom is -0.465 e. The van der Waals surface area contributed by atoms with E-state index in [1.54, 1.807) is 0 Å². The molecule has 0 aromatic carbocycles. The molecule has 0 aliphatic rings. The van der Waals surface area contributed by atoms with Gasteiger partial charge in [-0.25, -0.2) is 0 Å². The molecule has 2 nitrogen and oxygen atoms in total. The molecule has 1 atom stereocenters. The molecule has 0 aliphatic carbocycles. The predicted molar refractivity (Wildman–Crippen MR) is 142 cm³/mol. The third kappa shape index (κ3) is 21.3. The van der Waals surface area contributed by atoms with Crippen molar-refractivity contribution >= 4 is 5.97 Å². The number of hydrogen-bond donors (Lipinski definition) is 0. The molecule has 32 heavy (non-hydrogen) atoms. The fourth-order valence-corrected chi connectivity index (χ4v) is 4.61. The summed E-state index contributed by atoms with van der Waals surface area (Å²) in [4.78, 5) is 12.5. The summed E-state index contributed by atoms with van der Waals surface area (Å²) in [7, 11) is 0. The lowest BCUT2D eigenvalue weighted by Crippen LogP contribution is -2.20. The van der Waals surface area contributed by atoms with Gasteiger partial charge in [-0.05, 0) is 25.2 Å². The van der Waals surface area contributed by atoms with E-state index in [1.165, 1.54) is 135 Å². The van der Waals surface area contributed by atoms with Crippen LogP contribution in [0.2, 0.25) is 0 Å². The van der Waals surface area contributed by atoms with Crippen LogP contribution in [0.25, 0.3) is 0 Å². The molecular weight excluding hydrogens is 392 g/mol. The molecule has 1 unspecified atom stereocenters. The second-order valence-electron chi connectivity index (χ2n) is 10.4. The topological polar surface area (TPSA) is 26.3 Å². The molecule has 0 aromatic rings. The second kappa shape index (κ2) is 25.1. The smallest absolute Gasteiger partial charge is 0.308 e. The number of carbonyl (C=O) groups is 1. The fourth-order valence-electron chi connectivity index (χ4n) is 4.61. The van der Waals surface area contributed by atoms with Gasteiger partial charge in [0.05, 0.1) is 12.5 Å². The molecule has 0 amide bonds. The van der Waals surface area contributed by atoms with Crippen LogP contribution in [0.4, 0.5) is 0 Å². The Hall–Kier alpha value is -0.530. The van der Waals surface area contributed by atoms with E-state index in [1.807, 2.05) is 0 Å². The lowest BCUT2D eigenvalue weighted by Gasteiger charge is -2.19. The summed E-state index contributed by atoms with van der Waals surface area (Å²) in [5.41, 5.74) is 0. The third-order valence-corrected chi connectivity index (χ3v) is 7.04. The van der Waals surface area contributed by atoms with E-state index in [-0.39, 0.29) is 11.9 Å². The van der Waals surface area contributed by atoms with E-state index in [2.05, 4.69) is 27.7 Å². The molecule has 0 heterocycles. The van der Waals surface area contributed by atoms with E-state index in [0.29, 0.717) is 12.5 Å². The summed E-state index contributed by atoms with van der Waals surface area (Å²) >= 11 is 0. The van der Waals surface area contributed by atoms with E-state index in [4.69, 9.17) is 4.74 Å². The van der Waals surface area contributed by atoms with Crippen LogP contribution in [0.1, 0.15) is 169 Å². The Morgan fingerprint density at radius 3 is 1.28 bits per heavy atom. The Labute approximate surface area is 203 Å². The van der Waals surface area contributed by atoms with Crippen LogP contribution in [0, 0.1) is 11.8 Å². The Kier molecular flexibility index (Phi) is 24.7. The molecular formula is C30H60O2. The number of rotatable bonds is 25. The van der Waals surface area contributed by atoms with Gasteiger partial charge >= 0.3 is 5.97 Å². The van der Waals surface area contributed by atoms with Crippen LogP contribution in [0.5, 0.6) is 0 Å². The minimum atomic E-state index is 0.0480. The fraction of sp³-hybridized carbons (Fsp3) is 0.967. The molecule has 2 heteroatoms. The van der Waals surface area contributed by atoms with Gasteiger partial charge in [0, 0.05) is 0 Å². The van der Waals surface area contributed by atoms with Gasteiger partial charge in [0.2, 0.25) is 0 Å². The first-order chi connectivity index (χ1) is 15.7. The Bertz CT molecular complexity index is 363. The van der Waals surface area contributed by atoms with Gasteiger partial charge in [-0.15, -0.1) is 0 Å². The first-order valence-corrected chi connectivity index (χ1v) is 14.8. The molecule has 0 rings (SSSR count). The maximum absolute atomic E-state index is 12.5. The zero-order valence-electron chi connectivity index (χ0n) is 22.7. The van der Waals surface area contributed by atoms with Gasteiger partial charge in [0.15, 0.2) is 0 Å². The quantitative estimate of drug-likeness (QED) is 0.102. The van der Waals surface area contributed by atoms with Crippen molar-refractivity contribution in [3.8, 4) is 0 Å². The highest BCUT2D eigenvalue weighted by molar-refractivity contribution is 5.71. The minimum absolute atomic E-state index is 0.0480. The predicted octanol–water partition coefficient (Wildman–Crippen LogP) is 10.4. The van der Waals surface area contributed by atoms with Crippen molar-refractivity contribution in [2.75, 3.05) is 6.61 Å². The Morgan fingerprint density at radius 1 is 0.531 bits per heavy atom. The largest absolute Gasteiger partial charge is 0.465 e. The molecule has 0 bridgehead atoms. The highest BCUT2D eigenvalue weighted by Gasteiger charge is 2.17. The van der Waals surface area contributed by atoms with Crippen LogP contribution in [-0.4, -0.2) is 12.6 Å². The first-order valence-electron chi connectivity index (χ1n) is 14.8. The summed E-state index contributed by atoms with van der Waals surface area (Å²) in [5, 5.41) is 0. The maximum atomic E-state index is 12.5. The van der Waals surface area contributed by atoms with Crippen LogP contribution < -0.4 is 0 Å². The second-order valence-corrected chi connectivity index (χ2v) is 10.4. The van der Waals surface area contributed by atoms with Crippen molar-refractivity contribution < 1.29 is 9.53 Å². The summed E-state index contributed by atoms with van der Waals surface area (Å²) in [6, 6.07) is 0. The van der Waals surface area contributed by atoms with Gasteiger partial charge in [-0.2, -0.15) is 0 Å². The average Bonchev–Trinajstić information content (AvgIpc) is 2.80. The van der Waals surface area contributed by atoms with Crippen molar-refractivity contribution in [1.82, 2.24) is 0 Å². The highest BCUT2D eigenvalue weighted by atomic mass is 16.5. The number of carbonyl (C=O) groups excluding carboxylic acids is 1. The number of esters is 1. The van der Waals surface area contributed by atoms with Crippen LogP contribution in [-0.2, 0) is 9.53 Å². The summed E-state index contributed by atoms with van der Waals surface area (Å²) in [6.07, 6.45) is 28.8. The van der Waals surface area contributed by atoms with E-state index in [9.17, 15) is 4.79 Å². The number of hydrogen-bond acceptors (Lipinski definition) is 2. The molecule has 0 fully saturated rings. The maximum Gasteiger partial charge on any atom is 0.308 e. The molecule has 192 valence electrons. The molecule has 0 N–H and O–H groups in total. The molecule has 0 aromatic heterocycles. The Balaban J connectivity index is 4.10. The third-order valence-electron chi connectivity index (χ3n) is 7.04. The zero-order chi connectivity index (χ0) is 23.7. The highest BCUT2D eigenvalue weighted by Crippen LogP contribution is 2.21. The molecule has 0 aliphatic heterocycles. The summed E-state index contributed by atoms with van der Waals surface area (Å²) < 4.78 is 5.83. The lowest BCUT2D eigenvalue weighted by atomic mass is 9.94. The van der Waals surface area contributed by atoms with Gasteiger partial charge < -0.3 is 4.74 Å². The zero-order valence-corrected chi connectivity index (χ0v) is 22.7. The standard InChI is InChI=1S/C30H60O2/c1-5-8-11-14-17-18-21-24-28(4)30(31)32-27-29(25-22-19-15-12-9-6-2)26-23-20-16-13-10-7-3/h28-29H,5-27H2,1-4H3. The van der Waals surface area contributed by atoms with Crippen LogP contribution in [0.3, 0.4) is 0 Å². The first kappa shape index (κ1) is 31.5. The van der Waals surface area contributed by atoms with E-state index >= 15 is 0 Å². The number of unbranched alkanes of at least 4 members (excludes halogenated alkanes) is 16. The van der Waals surface area contributed by atoms with E-state index < -0.39 is 0 Å². The Morgan fingerprint density at radius 2 is 0.875 bits per heavy atom. The van der Waals surface area contributed by atoms with Crippen LogP contribution >= 0.6 is 0 Å². The van der Waals surface area contributed by atoms with Crippen LogP contribution in [0.15, 0.2) is 0 Å². The van der Waals surface area contributed by atoms with Gasteiger partial charge in [-0.3, -0.25) is 4.79 Å². The SMILES string of the molecule is CCCCCCCCCC(C)C(=O)OCC(CCCCCCCC)CCCCCCCC. The van der Waals surface area contributed by atoms with Crippen molar-refractivity contribution in [2.24, 2.45) is 11.8 Å². The molecule has 0 saturated carbocycles. The normalized spacial score (nSPS) is 12.4. The van der Waals surface area contributed by atoms with Crippen molar-refractivity contribution in [2.45, 2.75) is 169 Å². The lowest BCUT2D eigenvalue weighted by molar-refractivity contribution is -0.149. The monoisotopic (exact) mass is 452 g/mol. The number of ether oxygens (including phenoxy) is 1. The molecule has 0 spiro atoms. The summed E-state index contributed by atoms with van der Waals surface area (Å²) in [6.45, 7) is 9.54. The molecule has 0 saturated heterocycles.